The Morgan fingerprint density at radius 2 is 1.80 bits per heavy atom. The first-order chi connectivity index (χ1) is 12.0. The Bertz CT molecular complexity index is 638. The second kappa shape index (κ2) is 9.77. The summed E-state index contributed by atoms with van der Waals surface area (Å²) in [6.45, 7) is 1.75. The molecule has 0 radical (unpaired) electrons. The Hall–Kier alpha value is -1.60. The van der Waals surface area contributed by atoms with E-state index in [0.717, 1.165) is 30.6 Å². The van der Waals surface area contributed by atoms with E-state index in [1.807, 2.05) is 24.3 Å². The number of nitrogens with one attached hydrogen (secondary N) is 1. The van der Waals surface area contributed by atoms with E-state index in [9.17, 15) is 13.2 Å². The highest BCUT2D eigenvalue weighted by molar-refractivity contribution is 7.89. The van der Waals surface area contributed by atoms with Crippen molar-refractivity contribution in [1.82, 2.24) is 9.62 Å². The van der Waals surface area contributed by atoms with E-state index in [0.29, 0.717) is 38.9 Å². The first-order valence-corrected chi connectivity index (χ1v) is 10.5. The second-order valence-electron chi connectivity index (χ2n) is 6.36. The highest BCUT2D eigenvalue weighted by Gasteiger charge is 2.23. The first-order valence-electron chi connectivity index (χ1n) is 8.89. The molecule has 1 aliphatic rings. The number of hydrogen-bond acceptors (Lipinski definition) is 4. The van der Waals surface area contributed by atoms with E-state index in [-0.39, 0.29) is 11.7 Å². The summed E-state index contributed by atoms with van der Waals surface area (Å²) in [7, 11) is -1.54. The van der Waals surface area contributed by atoms with Crippen LogP contribution in [0.1, 0.15) is 44.1 Å². The summed E-state index contributed by atoms with van der Waals surface area (Å²) in [5, 5.41) is 2.86. The molecule has 0 spiro atoms. The SMILES string of the molecule is COc1ccc(CNC(=O)CCCCS(=O)(=O)N2CCCCC2)cc1. The number of rotatable bonds is 9. The lowest BCUT2D eigenvalue weighted by molar-refractivity contribution is -0.121. The van der Waals surface area contributed by atoms with E-state index < -0.39 is 10.0 Å². The molecular formula is C18H28N2O4S. The van der Waals surface area contributed by atoms with Crippen LogP contribution in [-0.2, 0) is 21.4 Å². The molecule has 6 nitrogen and oxygen atoms in total. The zero-order valence-electron chi connectivity index (χ0n) is 14.9. The highest BCUT2D eigenvalue weighted by atomic mass is 32.2. The largest absolute Gasteiger partial charge is 0.497 e. The van der Waals surface area contributed by atoms with Crippen LogP contribution in [0.4, 0.5) is 0 Å². The zero-order valence-corrected chi connectivity index (χ0v) is 15.7. The molecule has 1 heterocycles. The lowest BCUT2D eigenvalue weighted by Gasteiger charge is -2.25. The number of benzene rings is 1. The third-order valence-electron chi connectivity index (χ3n) is 4.41. The molecule has 1 aromatic rings. The van der Waals surface area contributed by atoms with Gasteiger partial charge >= 0.3 is 0 Å². The van der Waals surface area contributed by atoms with Crippen molar-refractivity contribution in [3.05, 3.63) is 29.8 Å². The van der Waals surface area contributed by atoms with Gasteiger partial charge in [0.1, 0.15) is 5.75 Å². The quantitative estimate of drug-likeness (QED) is 0.679. The van der Waals surface area contributed by atoms with E-state index in [2.05, 4.69) is 5.32 Å². The molecule has 0 aliphatic carbocycles. The van der Waals surface area contributed by atoms with Gasteiger partial charge in [-0.05, 0) is 43.4 Å². The fourth-order valence-corrected chi connectivity index (χ4v) is 4.52. The van der Waals surface area contributed by atoms with Crippen molar-refractivity contribution < 1.29 is 17.9 Å². The van der Waals surface area contributed by atoms with Crippen molar-refractivity contribution in [3.63, 3.8) is 0 Å². The summed E-state index contributed by atoms with van der Waals surface area (Å²) in [4.78, 5) is 11.9. The number of sulfonamides is 1. The Morgan fingerprint density at radius 3 is 2.44 bits per heavy atom. The molecule has 0 bridgehead atoms. The van der Waals surface area contributed by atoms with Gasteiger partial charge in [-0.25, -0.2) is 12.7 Å². The Balaban J connectivity index is 1.63. The average Bonchev–Trinajstić information content (AvgIpc) is 2.64. The average molecular weight is 368 g/mol. The van der Waals surface area contributed by atoms with E-state index >= 15 is 0 Å². The summed E-state index contributed by atoms with van der Waals surface area (Å²) >= 11 is 0. The molecule has 0 aromatic heterocycles. The van der Waals surface area contributed by atoms with Crippen LogP contribution in [0.2, 0.25) is 0 Å². The van der Waals surface area contributed by atoms with E-state index in [1.165, 1.54) is 0 Å². The number of hydrogen-bond donors (Lipinski definition) is 1. The summed E-state index contributed by atoms with van der Waals surface area (Å²) < 4.78 is 31.1. The van der Waals surface area contributed by atoms with Crippen LogP contribution in [0.3, 0.4) is 0 Å². The van der Waals surface area contributed by atoms with Gasteiger partial charge < -0.3 is 10.1 Å². The van der Waals surface area contributed by atoms with Gasteiger partial charge in [-0.3, -0.25) is 4.79 Å². The summed E-state index contributed by atoms with van der Waals surface area (Å²) in [6, 6.07) is 7.52. The molecule has 2 rings (SSSR count). The third-order valence-corrected chi connectivity index (χ3v) is 6.37. The number of carbonyl (C=O) groups excluding carboxylic acids is 1. The van der Waals surface area contributed by atoms with Crippen molar-refractivity contribution in [2.75, 3.05) is 26.0 Å². The smallest absolute Gasteiger partial charge is 0.220 e. The zero-order chi connectivity index (χ0) is 18.1. The number of carbonyl (C=O) groups is 1. The lowest BCUT2D eigenvalue weighted by Crippen LogP contribution is -2.37. The molecule has 0 unspecified atom stereocenters. The molecule has 1 fully saturated rings. The molecule has 0 saturated carbocycles. The van der Waals surface area contributed by atoms with Crippen molar-refractivity contribution in [2.24, 2.45) is 0 Å². The molecule has 1 N–H and O–H groups in total. The molecule has 140 valence electrons. The maximum Gasteiger partial charge on any atom is 0.220 e. The minimum absolute atomic E-state index is 0.0498. The van der Waals surface area contributed by atoms with Crippen LogP contribution in [0, 0.1) is 0 Å². The molecule has 25 heavy (non-hydrogen) atoms. The third kappa shape index (κ3) is 6.66. The standard InChI is InChI=1S/C18H28N2O4S/c1-24-17-10-8-16(9-11-17)15-19-18(21)7-3-6-14-25(22,23)20-12-4-2-5-13-20/h8-11H,2-7,12-15H2,1H3,(H,19,21). The van der Waals surface area contributed by atoms with Gasteiger partial charge in [0.2, 0.25) is 15.9 Å². The van der Waals surface area contributed by atoms with Crippen LogP contribution in [0.5, 0.6) is 5.75 Å². The summed E-state index contributed by atoms with van der Waals surface area (Å²) in [5.74, 6) is 0.870. The number of amides is 1. The van der Waals surface area contributed by atoms with Crippen LogP contribution in [0.25, 0.3) is 0 Å². The number of piperidine rings is 1. The molecule has 0 atom stereocenters. The fourth-order valence-electron chi connectivity index (χ4n) is 2.87. The minimum Gasteiger partial charge on any atom is -0.497 e. The van der Waals surface area contributed by atoms with Gasteiger partial charge in [0.15, 0.2) is 0 Å². The Labute approximate surface area is 150 Å². The van der Waals surface area contributed by atoms with Gasteiger partial charge in [-0.1, -0.05) is 18.6 Å². The predicted molar refractivity (Wildman–Crippen MR) is 97.9 cm³/mol. The van der Waals surface area contributed by atoms with Gasteiger partial charge in [-0.2, -0.15) is 0 Å². The summed E-state index contributed by atoms with van der Waals surface area (Å²) in [5.41, 5.74) is 1.00. The van der Waals surface area contributed by atoms with Crippen molar-refractivity contribution >= 4 is 15.9 Å². The van der Waals surface area contributed by atoms with Gasteiger partial charge in [-0.15, -0.1) is 0 Å². The number of unbranched alkanes of at least 4 members (excludes halogenated alkanes) is 1. The summed E-state index contributed by atoms with van der Waals surface area (Å²) in [6.07, 6.45) is 4.47. The second-order valence-corrected chi connectivity index (χ2v) is 8.45. The molecule has 1 aliphatic heterocycles. The maximum atomic E-state index is 12.2. The molecule has 1 amide bonds. The van der Waals surface area contributed by atoms with Crippen LogP contribution in [-0.4, -0.2) is 44.6 Å². The topological polar surface area (TPSA) is 75.7 Å². The molecule has 1 aromatic carbocycles. The van der Waals surface area contributed by atoms with E-state index in [4.69, 9.17) is 4.74 Å². The van der Waals surface area contributed by atoms with Gasteiger partial charge in [0.05, 0.1) is 12.9 Å². The molecule has 1 saturated heterocycles. The minimum atomic E-state index is -3.15. The number of ether oxygens (including phenoxy) is 1. The van der Waals surface area contributed by atoms with Crippen molar-refractivity contribution in [1.29, 1.82) is 0 Å². The van der Waals surface area contributed by atoms with Gasteiger partial charge in [0, 0.05) is 26.1 Å². The lowest BCUT2D eigenvalue weighted by atomic mass is 10.2. The molecular weight excluding hydrogens is 340 g/mol. The first kappa shape index (κ1) is 19.7. The van der Waals surface area contributed by atoms with Crippen LogP contribution in [0.15, 0.2) is 24.3 Å². The maximum absolute atomic E-state index is 12.2. The predicted octanol–water partition coefficient (Wildman–Crippen LogP) is 2.30. The Morgan fingerprint density at radius 1 is 1.12 bits per heavy atom. The number of methoxy groups -OCH3 is 1. The van der Waals surface area contributed by atoms with Crippen LogP contribution < -0.4 is 10.1 Å². The van der Waals surface area contributed by atoms with Crippen LogP contribution >= 0.6 is 0 Å². The molecule has 7 heteroatoms. The van der Waals surface area contributed by atoms with Crippen molar-refractivity contribution in [3.8, 4) is 5.75 Å². The number of nitrogens with zero attached hydrogens (tertiary/aromatic N) is 1. The van der Waals surface area contributed by atoms with E-state index in [1.54, 1.807) is 11.4 Å². The highest BCUT2D eigenvalue weighted by Crippen LogP contribution is 2.15. The monoisotopic (exact) mass is 368 g/mol. The fraction of sp³-hybridized carbons (Fsp3) is 0.611. The normalized spacial score (nSPS) is 15.7. The van der Waals surface area contributed by atoms with Crippen molar-refractivity contribution in [2.45, 2.75) is 45.1 Å². The Kier molecular flexibility index (Phi) is 7.71. The van der Waals surface area contributed by atoms with Gasteiger partial charge in [0.25, 0.3) is 0 Å².